The third-order valence-corrected chi connectivity index (χ3v) is 6.64. The minimum Gasteiger partial charge on any atom is -0.477 e. The lowest BCUT2D eigenvalue weighted by molar-refractivity contribution is -0.149. The van der Waals surface area contributed by atoms with Gasteiger partial charge < -0.3 is 20.1 Å². The molecule has 0 spiro atoms. The Balaban J connectivity index is 1.58. The van der Waals surface area contributed by atoms with Gasteiger partial charge in [0.15, 0.2) is 5.78 Å². The number of thioether (sulfide) groups is 1. The summed E-state index contributed by atoms with van der Waals surface area (Å²) >= 11 is 1.23. The van der Waals surface area contributed by atoms with E-state index >= 15 is 0 Å². The van der Waals surface area contributed by atoms with Crippen molar-refractivity contribution < 1.29 is 33.8 Å². The molecule has 4 rings (SSSR count). The number of rotatable bonds is 4. The number of allylic oxidation sites excluding steroid dienone is 1. The standard InChI is InChI=1S/C23H23N3O7S/c1-23(2,3)33-22(32)24-16-19(29)26-17(21(30)31)12(11-34-20(16)26)9-14-15(27)10-25(18(14)28)13-7-5-4-6-8-13/h4-9,16,20H,10-11H2,1-3H3,(H,24,32)(H,30,31)/b14-9+. The maximum Gasteiger partial charge on any atom is 0.408 e. The van der Waals surface area contributed by atoms with Crippen molar-refractivity contribution in [2.75, 3.05) is 17.2 Å². The zero-order chi connectivity index (χ0) is 24.8. The van der Waals surface area contributed by atoms with Crippen LogP contribution in [0.4, 0.5) is 10.5 Å². The summed E-state index contributed by atoms with van der Waals surface area (Å²) in [4.78, 5) is 64.8. The number of nitrogens with zero attached hydrogens (tertiary/aromatic N) is 2. The Labute approximate surface area is 199 Å². The first-order chi connectivity index (χ1) is 16.0. The lowest BCUT2D eigenvalue weighted by atomic mass is 10.0. The predicted octanol–water partition coefficient (Wildman–Crippen LogP) is 1.68. The van der Waals surface area contributed by atoms with Crippen molar-refractivity contribution in [2.24, 2.45) is 0 Å². The summed E-state index contributed by atoms with van der Waals surface area (Å²) in [5, 5.41) is 11.7. The van der Waals surface area contributed by atoms with Crippen LogP contribution in [0.5, 0.6) is 0 Å². The second kappa shape index (κ2) is 8.64. The van der Waals surface area contributed by atoms with Crippen molar-refractivity contribution in [1.29, 1.82) is 0 Å². The van der Waals surface area contributed by atoms with Crippen LogP contribution in [0.15, 0.2) is 53.3 Å². The van der Waals surface area contributed by atoms with Crippen molar-refractivity contribution in [2.45, 2.75) is 37.8 Å². The molecule has 1 aromatic rings. The molecule has 2 fully saturated rings. The normalized spacial score (nSPS) is 23.7. The summed E-state index contributed by atoms with van der Waals surface area (Å²) in [5.74, 6) is -2.79. The molecule has 178 valence electrons. The first-order valence-corrected chi connectivity index (χ1v) is 11.6. The highest BCUT2D eigenvalue weighted by Crippen LogP contribution is 2.41. The molecule has 3 amide bonds. The molecule has 3 aliphatic rings. The van der Waals surface area contributed by atoms with E-state index in [4.69, 9.17) is 4.74 Å². The maximum atomic E-state index is 12.9. The number of carboxylic acid groups (broad SMARTS) is 1. The first-order valence-electron chi connectivity index (χ1n) is 10.5. The van der Waals surface area contributed by atoms with E-state index < -0.39 is 46.7 Å². The molecular formula is C23H23N3O7S. The second-order valence-corrected chi connectivity index (χ2v) is 10.0. The van der Waals surface area contributed by atoms with E-state index in [2.05, 4.69) is 5.32 Å². The molecule has 10 nitrogen and oxygen atoms in total. The topological polar surface area (TPSA) is 133 Å². The molecule has 11 heteroatoms. The number of β-lactam (4-membered cyclic amide) rings is 1. The number of alkyl carbamates (subject to hydrolysis) is 1. The Morgan fingerprint density at radius 2 is 1.85 bits per heavy atom. The van der Waals surface area contributed by atoms with E-state index in [1.807, 2.05) is 0 Å². The van der Waals surface area contributed by atoms with Gasteiger partial charge in [-0.2, -0.15) is 0 Å². The average molecular weight is 486 g/mol. The molecule has 0 aromatic heterocycles. The predicted molar refractivity (Wildman–Crippen MR) is 123 cm³/mol. The molecular weight excluding hydrogens is 462 g/mol. The fourth-order valence-corrected chi connectivity index (χ4v) is 5.19. The fraction of sp³-hybridized carbons (Fsp3) is 0.348. The van der Waals surface area contributed by atoms with E-state index in [0.717, 1.165) is 4.90 Å². The van der Waals surface area contributed by atoms with Gasteiger partial charge in [-0.1, -0.05) is 18.2 Å². The number of nitrogens with one attached hydrogen (secondary N) is 1. The van der Waals surface area contributed by atoms with Gasteiger partial charge in [-0.05, 0) is 44.6 Å². The zero-order valence-corrected chi connectivity index (χ0v) is 19.5. The fourth-order valence-electron chi connectivity index (χ4n) is 3.89. The van der Waals surface area contributed by atoms with Crippen molar-refractivity contribution in [1.82, 2.24) is 10.2 Å². The van der Waals surface area contributed by atoms with Crippen molar-refractivity contribution in [3.63, 3.8) is 0 Å². The molecule has 2 atom stereocenters. The van der Waals surface area contributed by atoms with Gasteiger partial charge in [-0.25, -0.2) is 9.59 Å². The number of carbonyl (C=O) groups is 5. The smallest absolute Gasteiger partial charge is 0.408 e. The summed E-state index contributed by atoms with van der Waals surface area (Å²) in [6, 6.07) is 7.74. The van der Waals surface area contributed by atoms with E-state index in [1.165, 1.54) is 22.7 Å². The monoisotopic (exact) mass is 485 g/mol. The Kier molecular flexibility index (Phi) is 5.98. The maximum absolute atomic E-state index is 12.9. The molecule has 2 saturated heterocycles. The van der Waals surface area contributed by atoms with E-state index in [1.54, 1.807) is 51.1 Å². The van der Waals surface area contributed by atoms with Gasteiger partial charge in [-0.3, -0.25) is 19.3 Å². The van der Waals surface area contributed by atoms with Crippen LogP contribution in [0.3, 0.4) is 0 Å². The molecule has 3 heterocycles. The minimum atomic E-state index is -1.36. The zero-order valence-electron chi connectivity index (χ0n) is 18.7. The number of para-hydroxylation sites is 1. The van der Waals surface area contributed by atoms with Crippen LogP contribution < -0.4 is 10.2 Å². The number of ether oxygens (including phenoxy) is 1. The van der Waals surface area contributed by atoms with Gasteiger partial charge in [-0.15, -0.1) is 11.8 Å². The highest BCUT2D eigenvalue weighted by Gasteiger charge is 2.54. The van der Waals surface area contributed by atoms with Gasteiger partial charge in [0.2, 0.25) is 0 Å². The number of anilines is 1. The molecule has 0 bridgehead atoms. The van der Waals surface area contributed by atoms with E-state index in [-0.39, 0.29) is 29.1 Å². The van der Waals surface area contributed by atoms with E-state index in [0.29, 0.717) is 5.69 Å². The quantitative estimate of drug-likeness (QED) is 0.374. The number of carboxylic acids is 1. The molecule has 0 radical (unpaired) electrons. The number of amides is 3. The second-order valence-electron chi connectivity index (χ2n) is 8.92. The van der Waals surface area contributed by atoms with Crippen molar-refractivity contribution in [3.05, 3.63) is 53.3 Å². The Morgan fingerprint density at radius 1 is 1.18 bits per heavy atom. The number of benzene rings is 1. The van der Waals surface area contributed by atoms with Crippen LogP contribution in [0.1, 0.15) is 20.8 Å². The highest BCUT2D eigenvalue weighted by atomic mass is 32.2. The Hall–Kier alpha value is -3.60. The van der Waals surface area contributed by atoms with Gasteiger partial charge >= 0.3 is 12.1 Å². The lowest BCUT2D eigenvalue weighted by Gasteiger charge is -2.49. The van der Waals surface area contributed by atoms with E-state index in [9.17, 15) is 29.1 Å². The molecule has 0 aliphatic carbocycles. The molecule has 0 saturated carbocycles. The average Bonchev–Trinajstić information content (AvgIpc) is 3.04. The number of hydrogen-bond donors (Lipinski definition) is 2. The summed E-state index contributed by atoms with van der Waals surface area (Å²) in [5.41, 5.74) is -0.445. The van der Waals surface area contributed by atoms with Gasteiger partial charge in [0, 0.05) is 11.4 Å². The molecule has 2 unspecified atom stereocenters. The Morgan fingerprint density at radius 3 is 2.47 bits per heavy atom. The molecule has 1 aromatic carbocycles. The van der Waals surface area contributed by atoms with Gasteiger partial charge in [0.1, 0.15) is 22.7 Å². The van der Waals surface area contributed by atoms with Crippen LogP contribution >= 0.6 is 11.8 Å². The van der Waals surface area contributed by atoms with Crippen molar-refractivity contribution >= 4 is 47.1 Å². The molecule has 34 heavy (non-hydrogen) atoms. The largest absolute Gasteiger partial charge is 0.477 e. The summed E-state index contributed by atoms with van der Waals surface area (Å²) < 4.78 is 5.18. The summed E-state index contributed by atoms with van der Waals surface area (Å²) in [6.45, 7) is 4.91. The lowest BCUT2D eigenvalue weighted by Crippen LogP contribution is -2.70. The van der Waals surface area contributed by atoms with Crippen LogP contribution in [0.25, 0.3) is 0 Å². The first kappa shape index (κ1) is 23.6. The minimum absolute atomic E-state index is 0.131. The van der Waals surface area contributed by atoms with Crippen LogP contribution in [0.2, 0.25) is 0 Å². The number of ketones is 1. The molecule has 3 aliphatic heterocycles. The number of hydrogen-bond acceptors (Lipinski definition) is 7. The van der Waals surface area contributed by atoms with Crippen LogP contribution in [0, 0.1) is 0 Å². The van der Waals surface area contributed by atoms with Gasteiger partial charge in [0.05, 0.1) is 12.1 Å². The summed E-state index contributed by atoms with van der Waals surface area (Å²) in [6.07, 6.45) is 0.491. The highest BCUT2D eigenvalue weighted by molar-refractivity contribution is 8.00. The number of fused-ring (bicyclic) bond motifs is 1. The van der Waals surface area contributed by atoms with Crippen molar-refractivity contribution in [3.8, 4) is 0 Å². The summed E-state index contributed by atoms with van der Waals surface area (Å²) in [7, 11) is 0. The third kappa shape index (κ3) is 4.30. The Bertz CT molecular complexity index is 1150. The third-order valence-electron chi connectivity index (χ3n) is 5.34. The SMILES string of the molecule is CC(C)(C)OC(=O)NC1C(=O)N2C(C(=O)O)=C(/C=C3\C(=O)CN(c4ccccc4)C3=O)CSC12. The number of aliphatic carboxylic acids is 1. The van der Waals surface area contributed by atoms with Crippen LogP contribution in [-0.2, 0) is 23.9 Å². The number of Topliss-reactive ketones (excluding diaryl/α,β-unsaturated/α-hetero) is 1. The number of carbonyl (C=O) groups excluding carboxylic acids is 4. The van der Waals surface area contributed by atoms with Crippen LogP contribution in [-0.4, -0.2) is 69.0 Å². The molecule has 2 N–H and O–H groups in total. The van der Waals surface area contributed by atoms with Gasteiger partial charge in [0.25, 0.3) is 11.8 Å².